The quantitative estimate of drug-likeness (QED) is 0.847. The highest BCUT2D eigenvalue weighted by Gasteiger charge is 2.73. The summed E-state index contributed by atoms with van der Waals surface area (Å²) < 4.78 is 36.2. The largest absolute Gasteiger partial charge is 0.463 e. The van der Waals surface area contributed by atoms with Gasteiger partial charge in [-0.1, -0.05) is 30.3 Å². The topological polar surface area (TPSA) is 64.6 Å². The Balaban J connectivity index is 1.87. The van der Waals surface area contributed by atoms with Crippen molar-refractivity contribution in [3.8, 4) is 0 Å². The van der Waals surface area contributed by atoms with Gasteiger partial charge in [0, 0.05) is 13.3 Å². The molecule has 1 fully saturated rings. The lowest BCUT2D eigenvalue weighted by Crippen LogP contribution is -2.45. The summed E-state index contributed by atoms with van der Waals surface area (Å²) in [6.07, 6.45) is -1.54. The third kappa shape index (κ3) is 3.68. The molecule has 0 radical (unpaired) electrons. The zero-order valence-corrected chi connectivity index (χ0v) is 11.4. The molecule has 1 N–H and O–H groups in total. The lowest BCUT2D eigenvalue weighted by atomic mass is 10.2. The van der Waals surface area contributed by atoms with Gasteiger partial charge in [-0.25, -0.2) is 13.6 Å². The van der Waals surface area contributed by atoms with E-state index in [4.69, 9.17) is 4.74 Å². The van der Waals surface area contributed by atoms with Gasteiger partial charge in [-0.2, -0.15) is 0 Å². The molecule has 1 aliphatic carbocycles. The number of amides is 1. The van der Waals surface area contributed by atoms with Crippen LogP contribution in [0.1, 0.15) is 18.9 Å². The van der Waals surface area contributed by atoms with Crippen LogP contribution in [-0.4, -0.2) is 30.1 Å². The first kappa shape index (κ1) is 15.2. The summed E-state index contributed by atoms with van der Waals surface area (Å²) in [5.74, 6) is -3.79. The third-order valence-electron chi connectivity index (χ3n) is 3.17. The fourth-order valence-electron chi connectivity index (χ4n) is 1.84. The fraction of sp³-hybridized carbons (Fsp3) is 0.429. The molecule has 5 nitrogen and oxygen atoms in total. The van der Waals surface area contributed by atoms with E-state index < -0.39 is 36.6 Å². The second-order valence-electron chi connectivity index (χ2n) is 4.93. The molecule has 0 bridgehead atoms. The summed E-state index contributed by atoms with van der Waals surface area (Å²) in [6.45, 7) is 0.513. The minimum Gasteiger partial charge on any atom is -0.463 e. The Hall–Kier alpha value is -2.18. The molecule has 0 heterocycles. The van der Waals surface area contributed by atoms with Crippen LogP contribution in [-0.2, 0) is 20.9 Å². The molecule has 1 aromatic rings. The van der Waals surface area contributed by atoms with Crippen LogP contribution in [0.3, 0.4) is 0 Å². The van der Waals surface area contributed by atoms with Gasteiger partial charge in [0.2, 0.25) is 0 Å². The molecule has 7 heteroatoms. The summed E-state index contributed by atoms with van der Waals surface area (Å²) in [5, 5.41) is 2.09. The fourth-order valence-corrected chi connectivity index (χ4v) is 1.84. The van der Waals surface area contributed by atoms with E-state index in [1.165, 1.54) is 0 Å². The molecule has 1 saturated carbocycles. The number of rotatable bonds is 5. The maximum atomic E-state index is 13.4. The molecule has 1 atom stereocenters. The lowest BCUT2D eigenvalue weighted by Gasteiger charge is -2.17. The first-order valence-electron chi connectivity index (χ1n) is 6.35. The highest BCUT2D eigenvalue weighted by Crippen LogP contribution is 2.52. The van der Waals surface area contributed by atoms with Gasteiger partial charge >= 0.3 is 12.1 Å². The van der Waals surface area contributed by atoms with Crippen molar-refractivity contribution in [3.05, 3.63) is 35.9 Å². The van der Waals surface area contributed by atoms with Gasteiger partial charge < -0.3 is 14.8 Å². The molecule has 0 saturated heterocycles. The van der Waals surface area contributed by atoms with Gasteiger partial charge in [0.1, 0.15) is 18.8 Å². The number of alkyl halides is 2. The van der Waals surface area contributed by atoms with E-state index >= 15 is 0 Å². The number of hydrogen-bond donors (Lipinski definition) is 1. The SMILES string of the molecule is CC(=O)OC[C@]1(NC(=O)OCc2ccccc2)CC1(F)F. The van der Waals surface area contributed by atoms with E-state index in [-0.39, 0.29) is 6.61 Å². The van der Waals surface area contributed by atoms with Crippen LogP contribution in [0, 0.1) is 0 Å². The molecule has 1 aromatic carbocycles. The molecule has 114 valence electrons. The molecule has 0 spiro atoms. The molecule has 2 rings (SSSR count). The second kappa shape index (κ2) is 5.67. The van der Waals surface area contributed by atoms with E-state index in [0.717, 1.165) is 12.5 Å². The standard InChI is InChI=1S/C14H15F2NO4/c1-10(18)21-9-13(8-14(13,15)16)17-12(19)20-7-11-5-3-2-4-6-11/h2-6H,7-9H2,1H3,(H,17,19)/t13-/m1/s1. The Labute approximate surface area is 120 Å². The summed E-state index contributed by atoms with van der Waals surface area (Å²) in [7, 11) is 0. The maximum absolute atomic E-state index is 13.4. The molecular weight excluding hydrogens is 284 g/mol. The van der Waals surface area contributed by atoms with Gasteiger partial charge in [0.15, 0.2) is 0 Å². The molecule has 0 aromatic heterocycles. The maximum Gasteiger partial charge on any atom is 0.408 e. The van der Waals surface area contributed by atoms with Crippen molar-refractivity contribution in [2.75, 3.05) is 6.61 Å². The van der Waals surface area contributed by atoms with E-state index in [0.29, 0.717) is 0 Å². The third-order valence-corrected chi connectivity index (χ3v) is 3.17. The number of alkyl carbamates (subject to hydrolysis) is 1. The van der Waals surface area contributed by atoms with Crippen LogP contribution >= 0.6 is 0 Å². The summed E-state index contributed by atoms with van der Waals surface area (Å²) >= 11 is 0. The van der Waals surface area contributed by atoms with E-state index in [1.54, 1.807) is 24.3 Å². The van der Waals surface area contributed by atoms with Crippen LogP contribution < -0.4 is 5.32 Å². The summed E-state index contributed by atoms with van der Waals surface area (Å²) in [6, 6.07) is 8.84. The van der Waals surface area contributed by atoms with E-state index in [2.05, 4.69) is 10.1 Å². The Bertz CT molecular complexity index is 535. The van der Waals surface area contributed by atoms with E-state index in [1.807, 2.05) is 6.07 Å². The Kier molecular flexibility index (Phi) is 4.11. The van der Waals surface area contributed by atoms with Crippen LogP contribution in [0.4, 0.5) is 13.6 Å². The van der Waals surface area contributed by atoms with Crippen molar-refractivity contribution in [2.45, 2.75) is 31.4 Å². The molecule has 21 heavy (non-hydrogen) atoms. The highest BCUT2D eigenvalue weighted by atomic mass is 19.3. The average molecular weight is 299 g/mol. The Morgan fingerprint density at radius 1 is 1.24 bits per heavy atom. The highest BCUT2D eigenvalue weighted by molar-refractivity contribution is 5.70. The number of ether oxygens (including phenoxy) is 2. The van der Waals surface area contributed by atoms with Crippen molar-refractivity contribution >= 4 is 12.1 Å². The smallest absolute Gasteiger partial charge is 0.408 e. The van der Waals surface area contributed by atoms with Crippen LogP contribution in [0.5, 0.6) is 0 Å². The van der Waals surface area contributed by atoms with Crippen molar-refractivity contribution in [1.82, 2.24) is 5.32 Å². The molecule has 1 amide bonds. The number of hydrogen-bond acceptors (Lipinski definition) is 4. The predicted molar refractivity (Wildman–Crippen MR) is 68.7 cm³/mol. The second-order valence-corrected chi connectivity index (χ2v) is 4.93. The number of halogens is 2. The minimum atomic E-state index is -3.10. The van der Waals surface area contributed by atoms with Crippen LogP contribution in [0.2, 0.25) is 0 Å². The monoisotopic (exact) mass is 299 g/mol. The van der Waals surface area contributed by atoms with Gasteiger partial charge in [0.05, 0.1) is 0 Å². The normalized spacial score (nSPS) is 22.2. The van der Waals surface area contributed by atoms with Crippen LogP contribution in [0.25, 0.3) is 0 Å². The lowest BCUT2D eigenvalue weighted by molar-refractivity contribution is -0.142. The molecule has 1 aliphatic rings. The zero-order valence-electron chi connectivity index (χ0n) is 11.4. The van der Waals surface area contributed by atoms with Gasteiger partial charge in [-0.05, 0) is 5.56 Å². The predicted octanol–water partition coefficient (Wildman–Crippen LogP) is 2.25. The van der Waals surface area contributed by atoms with Crippen molar-refractivity contribution in [1.29, 1.82) is 0 Å². The summed E-state index contributed by atoms with van der Waals surface area (Å²) in [4.78, 5) is 22.3. The van der Waals surface area contributed by atoms with Gasteiger partial charge in [0.25, 0.3) is 5.92 Å². The molecule has 0 aliphatic heterocycles. The van der Waals surface area contributed by atoms with E-state index in [9.17, 15) is 18.4 Å². The molecule has 0 unspecified atom stereocenters. The van der Waals surface area contributed by atoms with Crippen LogP contribution in [0.15, 0.2) is 30.3 Å². The van der Waals surface area contributed by atoms with Gasteiger partial charge in [-0.15, -0.1) is 0 Å². The Morgan fingerprint density at radius 3 is 2.38 bits per heavy atom. The Morgan fingerprint density at radius 2 is 1.86 bits per heavy atom. The van der Waals surface area contributed by atoms with Crippen molar-refractivity contribution in [3.63, 3.8) is 0 Å². The first-order chi connectivity index (χ1) is 9.85. The number of nitrogens with one attached hydrogen (secondary N) is 1. The van der Waals surface area contributed by atoms with Crippen molar-refractivity contribution < 1.29 is 27.8 Å². The minimum absolute atomic E-state index is 0.0259. The number of carbonyl (C=O) groups excluding carboxylic acids is 2. The molecular formula is C14H15F2NO4. The average Bonchev–Trinajstić information content (AvgIpc) is 2.97. The zero-order chi connectivity index (χ0) is 15.5. The summed E-state index contributed by atoms with van der Waals surface area (Å²) in [5.41, 5.74) is -1.11. The van der Waals surface area contributed by atoms with Gasteiger partial charge in [-0.3, -0.25) is 4.79 Å². The number of esters is 1. The first-order valence-corrected chi connectivity index (χ1v) is 6.35. The number of carbonyl (C=O) groups is 2. The number of benzene rings is 1. The van der Waals surface area contributed by atoms with Crippen molar-refractivity contribution in [2.24, 2.45) is 0 Å².